The second-order valence-corrected chi connectivity index (χ2v) is 2.65. The van der Waals surface area contributed by atoms with E-state index in [1.54, 1.807) is 6.26 Å². The first-order chi connectivity index (χ1) is 5.83. The van der Waals surface area contributed by atoms with Gasteiger partial charge in [-0.1, -0.05) is 0 Å². The minimum absolute atomic E-state index is 0.0510. The Labute approximate surface area is 76.6 Å². The highest BCUT2D eigenvalue weighted by molar-refractivity contribution is 7.81. The minimum Gasteiger partial charge on any atom is -0.469 e. The summed E-state index contributed by atoms with van der Waals surface area (Å²) in [6, 6.07) is 3.71. The van der Waals surface area contributed by atoms with Crippen LogP contribution in [0.1, 0.15) is 5.76 Å². The van der Waals surface area contributed by atoms with Crippen LogP contribution in [0.15, 0.2) is 22.8 Å². The van der Waals surface area contributed by atoms with E-state index in [2.05, 4.69) is 17.9 Å². The summed E-state index contributed by atoms with van der Waals surface area (Å²) in [5, 5.41) is 2.70. The lowest BCUT2D eigenvalue weighted by atomic mass is 10.3. The Morgan fingerprint density at radius 2 is 2.50 bits per heavy atom. The molecule has 12 heavy (non-hydrogen) atoms. The van der Waals surface area contributed by atoms with E-state index < -0.39 is 0 Å². The van der Waals surface area contributed by atoms with Gasteiger partial charge in [0.2, 0.25) is 5.91 Å². The maximum absolute atomic E-state index is 10.7. The van der Waals surface area contributed by atoms with Crippen molar-refractivity contribution in [3.8, 4) is 0 Å². The predicted molar refractivity (Wildman–Crippen MR) is 49.3 cm³/mol. The van der Waals surface area contributed by atoms with Gasteiger partial charge in [0.1, 0.15) is 5.76 Å². The standard InChI is InChI=1S/C8H11NO2S/c10-8(6-12)9-4-3-7-2-1-5-11-7/h1-2,5,12H,3-4,6H2,(H,9,10). The molecule has 0 aliphatic heterocycles. The molecule has 1 aromatic heterocycles. The fraction of sp³-hybridized carbons (Fsp3) is 0.375. The summed E-state index contributed by atoms with van der Waals surface area (Å²) in [4.78, 5) is 10.7. The second-order valence-electron chi connectivity index (χ2n) is 2.34. The zero-order chi connectivity index (χ0) is 8.81. The average molecular weight is 185 g/mol. The highest BCUT2D eigenvalue weighted by atomic mass is 32.1. The molecule has 1 heterocycles. The van der Waals surface area contributed by atoms with Crippen LogP contribution in [0.3, 0.4) is 0 Å². The highest BCUT2D eigenvalue weighted by Gasteiger charge is 1.97. The number of furan rings is 1. The van der Waals surface area contributed by atoms with E-state index in [9.17, 15) is 4.79 Å². The van der Waals surface area contributed by atoms with E-state index in [-0.39, 0.29) is 11.7 Å². The van der Waals surface area contributed by atoms with Crippen molar-refractivity contribution < 1.29 is 9.21 Å². The predicted octanol–water partition coefficient (Wildman–Crippen LogP) is 0.868. The van der Waals surface area contributed by atoms with Gasteiger partial charge in [-0.2, -0.15) is 12.6 Å². The molecule has 0 fully saturated rings. The van der Waals surface area contributed by atoms with Crippen molar-refractivity contribution in [2.24, 2.45) is 0 Å². The van der Waals surface area contributed by atoms with Crippen LogP contribution in [0.4, 0.5) is 0 Å². The van der Waals surface area contributed by atoms with Crippen LogP contribution in [-0.2, 0) is 11.2 Å². The van der Waals surface area contributed by atoms with E-state index in [4.69, 9.17) is 4.42 Å². The second kappa shape index (κ2) is 4.87. The minimum atomic E-state index is -0.0510. The van der Waals surface area contributed by atoms with Crippen LogP contribution in [0.5, 0.6) is 0 Å². The number of hydrogen-bond acceptors (Lipinski definition) is 3. The van der Waals surface area contributed by atoms with Crippen LogP contribution in [-0.4, -0.2) is 18.2 Å². The maximum Gasteiger partial charge on any atom is 0.229 e. The summed E-state index contributed by atoms with van der Waals surface area (Å²) in [6.07, 6.45) is 2.35. The average Bonchev–Trinajstić information content (AvgIpc) is 2.57. The fourth-order valence-corrected chi connectivity index (χ4v) is 0.948. The summed E-state index contributed by atoms with van der Waals surface area (Å²) in [7, 11) is 0. The third kappa shape index (κ3) is 3.00. The lowest BCUT2D eigenvalue weighted by molar-refractivity contribution is -0.118. The molecule has 0 aliphatic carbocycles. The Balaban J connectivity index is 2.15. The number of thiol groups is 1. The molecule has 0 aliphatic rings. The Bertz CT molecular complexity index is 233. The molecule has 0 saturated carbocycles. The van der Waals surface area contributed by atoms with Crippen LogP contribution >= 0.6 is 12.6 Å². The van der Waals surface area contributed by atoms with Gasteiger partial charge in [0.15, 0.2) is 0 Å². The first-order valence-corrected chi connectivity index (χ1v) is 4.36. The number of amides is 1. The molecule has 1 aromatic rings. The van der Waals surface area contributed by atoms with Crippen molar-refractivity contribution >= 4 is 18.5 Å². The summed E-state index contributed by atoms with van der Waals surface area (Å²) >= 11 is 3.83. The van der Waals surface area contributed by atoms with Crippen molar-refractivity contribution in [1.82, 2.24) is 5.32 Å². The van der Waals surface area contributed by atoms with Gasteiger partial charge in [-0.15, -0.1) is 0 Å². The molecule has 0 atom stereocenters. The third-order valence-electron chi connectivity index (χ3n) is 1.42. The van der Waals surface area contributed by atoms with E-state index in [0.717, 1.165) is 12.2 Å². The topological polar surface area (TPSA) is 42.2 Å². The number of hydrogen-bond donors (Lipinski definition) is 2. The van der Waals surface area contributed by atoms with Crippen molar-refractivity contribution in [2.75, 3.05) is 12.3 Å². The van der Waals surface area contributed by atoms with Crippen molar-refractivity contribution in [2.45, 2.75) is 6.42 Å². The first-order valence-electron chi connectivity index (χ1n) is 3.73. The van der Waals surface area contributed by atoms with Gasteiger partial charge >= 0.3 is 0 Å². The molecule has 3 nitrogen and oxygen atoms in total. The van der Waals surface area contributed by atoms with Crippen molar-refractivity contribution in [3.63, 3.8) is 0 Å². The van der Waals surface area contributed by atoms with Crippen molar-refractivity contribution in [3.05, 3.63) is 24.2 Å². The van der Waals surface area contributed by atoms with Crippen LogP contribution in [0, 0.1) is 0 Å². The molecule has 1 N–H and O–H groups in total. The van der Waals surface area contributed by atoms with Gasteiger partial charge in [0, 0.05) is 13.0 Å². The zero-order valence-corrected chi connectivity index (χ0v) is 7.51. The molecule has 1 amide bonds. The molecule has 0 unspecified atom stereocenters. The molecule has 0 saturated heterocycles. The molecular weight excluding hydrogens is 174 g/mol. The van der Waals surface area contributed by atoms with E-state index in [1.807, 2.05) is 12.1 Å². The van der Waals surface area contributed by atoms with Crippen molar-refractivity contribution in [1.29, 1.82) is 0 Å². The third-order valence-corrected chi connectivity index (χ3v) is 1.70. The Morgan fingerprint density at radius 1 is 1.67 bits per heavy atom. The Kier molecular flexibility index (Phi) is 3.73. The van der Waals surface area contributed by atoms with Crippen LogP contribution in [0.2, 0.25) is 0 Å². The van der Waals surface area contributed by atoms with Gasteiger partial charge in [0.25, 0.3) is 0 Å². The van der Waals surface area contributed by atoms with E-state index in [1.165, 1.54) is 0 Å². The molecule has 0 aromatic carbocycles. The zero-order valence-electron chi connectivity index (χ0n) is 6.62. The lowest BCUT2D eigenvalue weighted by Crippen LogP contribution is -2.26. The fourth-order valence-electron chi connectivity index (χ4n) is 0.836. The molecule has 0 bridgehead atoms. The number of carbonyl (C=O) groups excluding carboxylic acids is 1. The molecule has 1 rings (SSSR count). The molecule has 66 valence electrons. The van der Waals surface area contributed by atoms with Crippen LogP contribution in [0.25, 0.3) is 0 Å². The van der Waals surface area contributed by atoms with Gasteiger partial charge < -0.3 is 9.73 Å². The normalized spacial score (nSPS) is 9.75. The Hall–Kier alpha value is -0.900. The molecule has 0 spiro atoms. The molecular formula is C8H11NO2S. The Morgan fingerprint density at radius 3 is 3.08 bits per heavy atom. The summed E-state index contributed by atoms with van der Waals surface area (Å²) in [5.41, 5.74) is 0. The summed E-state index contributed by atoms with van der Waals surface area (Å²) in [6.45, 7) is 0.604. The van der Waals surface area contributed by atoms with Gasteiger partial charge in [-0.05, 0) is 12.1 Å². The number of rotatable bonds is 4. The largest absolute Gasteiger partial charge is 0.469 e. The van der Waals surface area contributed by atoms with Gasteiger partial charge in [-0.3, -0.25) is 4.79 Å². The van der Waals surface area contributed by atoms with Gasteiger partial charge in [-0.25, -0.2) is 0 Å². The van der Waals surface area contributed by atoms with E-state index >= 15 is 0 Å². The van der Waals surface area contributed by atoms with Crippen LogP contribution < -0.4 is 5.32 Å². The summed E-state index contributed by atoms with van der Waals surface area (Å²) < 4.78 is 5.08. The molecule has 0 radical (unpaired) electrons. The summed E-state index contributed by atoms with van der Waals surface area (Å²) in [5.74, 6) is 1.07. The monoisotopic (exact) mass is 185 g/mol. The molecule has 4 heteroatoms. The lowest BCUT2D eigenvalue weighted by Gasteiger charge is -1.99. The van der Waals surface area contributed by atoms with Gasteiger partial charge in [0.05, 0.1) is 12.0 Å². The number of nitrogens with one attached hydrogen (secondary N) is 1. The number of carbonyl (C=O) groups is 1. The SMILES string of the molecule is O=C(CS)NCCc1ccco1. The maximum atomic E-state index is 10.7. The van der Waals surface area contributed by atoms with E-state index in [0.29, 0.717) is 6.54 Å². The smallest absolute Gasteiger partial charge is 0.229 e. The quantitative estimate of drug-likeness (QED) is 0.683. The first kappa shape index (κ1) is 9.19. The highest BCUT2D eigenvalue weighted by Crippen LogP contribution is 1.99.